The lowest BCUT2D eigenvalue weighted by Gasteiger charge is -2.62. The monoisotopic (exact) mass is 700 g/mol. The summed E-state index contributed by atoms with van der Waals surface area (Å²) in [5.74, 6) is 1.52. The lowest BCUT2D eigenvalue weighted by Crippen LogP contribution is -2.58. The molecule has 4 saturated carbocycles. The Labute approximate surface area is 304 Å². The first-order valence-electron chi connectivity index (χ1n) is 19.6. The topological polar surface area (TPSA) is 125 Å². The Kier molecular flexibility index (Phi) is 11.6. The summed E-state index contributed by atoms with van der Waals surface area (Å²) in [5.41, 5.74) is 2.91. The van der Waals surface area contributed by atoms with Crippen LogP contribution in [0.25, 0.3) is 0 Å². The molecule has 0 saturated heterocycles. The third kappa shape index (κ3) is 8.22. The van der Waals surface area contributed by atoms with Crippen molar-refractivity contribution in [3.05, 3.63) is 65.7 Å². The number of aliphatic hydroxyl groups is 2. The van der Waals surface area contributed by atoms with E-state index in [2.05, 4.69) is 31.4 Å². The molecule has 0 radical (unpaired) electrons. The summed E-state index contributed by atoms with van der Waals surface area (Å²) in [6.07, 6.45) is 8.77. The highest BCUT2D eigenvalue weighted by molar-refractivity contribution is 5.91. The lowest BCUT2D eigenvalue weighted by molar-refractivity contribution is -0.174. The molecule has 0 aromatic heterocycles. The van der Waals surface area contributed by atoms with E-state index in [0.717, 1.165) is 62.5 Å². The third-order valence-electron chi connectivity index (χ3n) is 14.0. The molecule has 4 fully saturated rings. The van der Waals surface area contributed by atoms with Gasteiger partial charge in [0.15, 0.2) is 0 Å². The van der Waals surface area contributed by atoms with Crippen LogP contribution < -0.4 is 10.6 Å². The molecule has 0 unspecified atom stereocenters. The van der Waals surface area contributed by atoms with E-state index in [4.69, 9.17) is 4.74 Å². The Morgan fingerprint density at radius 2 is 1.59 bits per heavy atom. The van der Waals surface area contributed by atoms with Gasteiger partial charge in [0, 0.05) is 18.5 Å². The summed E-state index contributed by atoms with van der Waals surface area (Å²) >= 11 is 0. The van der Waals surface area contributed by atoms with Crippen molar-refractivity contribution in [2.24, 2.45) is 46.3 Å². The summed E-state index contributed by atoms with van der Waals surface area (Å²) < 4.78 is 5.62. The Morgan fingerprint density at radius 1 is 0.863 bits per heavy atom. The maximum atomic E-state index is 13.4. The Hall–Kier alpha value is -3.23. The highest BCUT2D eigenvalue weighted by atomic mass is 16.5. The fourth-order valence-corrected chi connectivity index (χ4v) is 11.3. The predicted molar refractivity (Wildman–Crippen MR) is 198 cm³/mol. The van der Waals surface area contributed by atoms with Crippen molar-refractivity contribution in [2.75, 3.05) is 5.32 Å². The van der Waals surface area contributed by atoms with E-state index in [1.54, 1.807) is 0 Å². The van der Waals surface area contributed by atoms with Crippen LogP contribution in [0.3, 0.4) is 0 Å². The summed E-state index contributed by atoms with van der Waals surface area (Å²) in [7, 11) is 0. The van der Waals surface area contributed by atoms with Gasteiger partial charge in [-0.25, -0.2) is 4.79 Å². The zero-order valence-corrected chi connectivity index (χ0v) is 31.1. The zero-order chi connectivity index (χ0) is 36.3. The van der Waals surface area contributed by atoms with E-state index in [1.807, 2.05) is 61.5 Å². The van der Waals surface area contributed by atoms with Crippen molar-refractivity contribution < 1.29 is 29.3 Å². The molecule has 6 rings (SSSR count). The average Bonchev–Trinajstić information content (AvgIpc) is 3.46. The van der Waals surface area contributed by atoms with Crippen LogP contribution in [0.4, 0.5) is 5.69 Å². The number of carbonyl (C=O) groups excluding carboxylic acids is 3. The SMILES string of the molecule is Cc1cccc(NC(=O)CC[C@H](NC(=O)CC[C@@H](C)[C@H]2CC[C@H]3[C@@H]4[C@H](O)C[C@@H]5C[C@H](O)CC[C@]5(C)[C@H]4CC[C@]23C)C(=O)OCc2ccccc2)c1. The number of hydrogen-bond acceptors (Lipinski definition) is 6. The number of nitrogens with one attached hydrogen (secondary N) is 2. The van der Waals surface area contributed by atoms with Crippen LogP contribution in [0.2, 0.25) is 0 Å². The average molecular weight is 701 g/mol. The maximum absolute atomic E-state index is 13.4. The fraction of sp³-hybridized carbons (Fsp3) is 0.651. The van der Waals surface area contributed by atoms with Gasteiger partial charge in [0.1, 0.15) is 12.6 Å². The molecule has 8 heteroatoms. The van der Waals surface area contributed by atoms with Crippen molar-refractivity contribution in [1.82, 2.24) is 5.32 Å². The van der Waals surface area contributed by atoms with Gasteiger partial charge in [0.25, 0.3) is 0 Å². The van der Waals surface area contributed by atoms with Gasteiger partial charge < -0.3 is 25.6 Å². The van der Waals surface area contributed by atoms with Gasteiger partial charge in [-0.05, 0) is 141 Å². The quantitative estimate of drug-likeness (QED) is 0.172. The Bertz CT molecular complexity index is 1530. The van der Waals surface area contributed by atoms with Gasteiger partial charge in [0.2, 0.25) is 11.8 Å². The molecule has 4 aliphatic rings. The molecular weight excluding hydrogens is 640 g/mol. The summed E-state index contributed by atoms with van der Waals surface area (Å²) in [5, 5.41) is 27.8. The molecule has 2 aromatic carbocycles. The molecular formula is C43H60N2O6. The van der Waals surface area contributed by atoms with Gasteiger partial charge in [0.05, 0.1) is 12.2 Å². The van der Waals surface area contributed by atoms with Crippen LogP contribution in [0.15, 0.2) is 54.6 Å². The lowest BCUT2D eigenvalue weighted by atomic mass is 9.43. The highest BCUT2D eigenvalue weighted by Gasteiger charge is 2.62. The number of fused-ring (bicyclic) bond motifs is 5. The second kappa shape index (κ2) is 15.8. The van der Waals surface area contributed by atoms with E-state index in [0.29, 0.717) is 54.0 Å². The molecule has 0 heterocycles. The number of ether oxygens (including phenoxy) is 1. The Morgan fingerprint density at radius 3 is 2.35 bits per heavy atom. The van der Waals surface area contributed by atoms with Crippen molar-refractivity contribution in [3.63, 3.8) is 0 Å². The fourth-order valence-electron chi connectivity index (χ4n) is 11.3. The van der Waals surface area contributed by atoms with Crippen LogP contribution in [0, 0.1) is 53.3 Å². The minimum Gasteiger partial charge on any atom is -0.459 e. The smallest absolute Gasteiger partial charge is 0.328 e. The second-order valence-corrected chi connectivity index (χ2v) is 17.1. The van der Waals surface area contributed by atoms with Gasteiger partial charge in [-0.2, -0.15) is 0 Å². The summed E-state index contributed by atoms with van der Waals surface area (Å²) in [6, 6.07) is 16.1. The first-order chi connectivity index (χ1) is 24.4. The van der Waals surface area contributed by atoms with E-state index in [1.165, 1.54) is 0 Å². The standard InChI is InChI=1S/C43H60N2O6/c1-27-9-8-12-31(23-27)44-38(48)18-16-36(41(50)51-26-29-10-6-5-7-11-29)45-39(49)17-13-28(2)33-14-15-34-40-35(20-22-43(33,34)4)42(3)21-19-32(46)24-30(42)25-37(40)47/h5-12,23,28,30,32-37,40,46-47H,13-22,24-26H2,1-4H3,(H,44,48)(H,45,49)/t28-,30+,32-,33-,34+,35+,36+,37-,40+,42+,43-/m1/s1. The van der Waals surface area contributed by atoms with Crippen LogP contribution in [0.5, 0.6) is 0 Å². The number of benzene rings is 2. The summed E-state index contributed by atoms with van der Waals surface area (Å²) in [6.45, 7) is 9.23. The van der Waals surface area contributed by atoms with E-state index in [-0.39, 0.29) is 54.3 Å². The highest BCUT2D eigenvalue weighted by Crippen LogP contribution is 2.68. The molecule has 278 valence electrons. The molecule has 0 spiro atoms. The van der Waals surface area contributed by atoms with Crippen LogP contribution in [-0.2, 0) is 25.7 Å². The minimum atomic E-state index is -0.928. The molecule has 4 N–H and O–H groups in total. The molecule has 8 nitrogen and oxygen atoms in total. The third-order valence-corrected chi connectivity index (χ3v) is 14.0. The zero-order valence-electron chi connectivity index (χ0n) is 31.1. The van der Waals surface area contributed by atoms with E-state index < -0.39 is 12.0 Å². The van der Waals surface area contributed by atoms with Crippen molar-refractivity contribution in [2.45, 2.75) is 130 Å². The number of aliphatic hydroxyl groups excluding tert-OH is 2. The largest absolute Gasteiger partial charge is 0.459 e. The number of carbonyl (C=O) groups is 3. The number of aryl methyl sites for hydroxylation is 1. The van der Waals surface area contributed by atoms with Gasteiger partial charge >= 0.3 is 5.97 Å². The van der Waals surface area contributed by atoms with Crippen LogP contribution >= 0.6 is 0 Å². The number of esters is 1. The van der Waals surface area contributed by atoms with Gasteiger partial charge in [-0.3, -0.25) is 9.59 Å². The van der Waals surface area contributed by atoms with Gasteiger partial charge in [-0.1, -0.05) is 63.2 Å². The van der Waals surface area contributed by atoms with Crippen molar-refractivity contribution >= 4 is 23.5 Å². The maximum Gasteiger partial charge on any atom is 0.328 e. The second-order valence-electron chi connectivity index (χ2n) is 17.1. The minimum absolute atomic E-state index is 0.0614. The molecule has 2 amide bonds. The molecule has 0 bridgehead atoms. The van der Waals surface area contributed by atoms with Crippen LogP contribution in [-0.4, -0.2) is 46.2 Å². The van der Waals surface area contributed by atoms with Crippen molar-refractivity contribution in [1.29, 1.82) is 0 Å². The Balaban J connectivity index is 1.05. The normalized spacial score (nSPS) is 33.9. The molecule has 2 aromatic rings. The first-order valence-corrected chi connectivity index (χ1v) is 19.6. The number of anilines is 1. The van der Waals surface area contributed by atoms with E-state index >= 15 is 0 Å². The first kappa shape index (κ1) is 37.5. The molecule has 51 heavy (non-hydrogen) atoms. The van der Waals surface area contributed by atoms with Crippen LogP contribution in [0.1, 0.15) is 109 Å². The number of rotatable bonds is 12. The predicted octanol–water partition coefficient (Wildman–Crippen LogP) is 7.35. The summed E-state index contributed by atoms with van der Waals surface area (Å²) in [4.78, 5) is 39.6. The van der Waals surface area contributed by atoms with Gasteiger partial charge in [-0.15, -0.1) is 0 Å². The van der Waals surface area contributed by atoms with E-state index in [9.17, 15) is 24.6 Å². The number of hydrogen-bond donors (Lipinski definition) is 4. The molecule has 0 aliphatic heterocycles. The number of amides is 2. The van der Waals surface area contributed by atoms with Crippen molar-refractivity contribution in [3.8, 4) is 0 Å². The molecule has 4 aliphatic carbocycles. The molecule has 11 atom stereocenters.